The first-order valence-corrected chi connectivity index (χ1v) is 11.8. The Morgan fingerprint density at radius 3 is 2.32 bits per heavy atom. The zero-order valence-electron chi connectivity index (χ0n) is 18.3. The van der Waals surface area contributed by atoms with Crippen molar-refractivity contribution in [3.63, 3.8) is 0 Å². The minimum absolute atomic E-state index is 0.00696. The maximum absolute atomic E-state index is 12.7. The molecule has 0 spiro atoms. The molecule has 2 aliphatic heterocycles. The lowest BCUT2D eigenvalue weighted by Crippen LogP contribution is -2.51. The number of piperidine rings is 1. The molecule has 2 N–H and O–H groups in total. The van der Waals surface area contributed by atoms with Gasteiger partial charge in [0.1, 0.15) is 0 Å². The SMILES string of the molecule is O=C(NCC(=O)N1CCc2ccccc2C1)NC1CCN(C(=O)C2CCCCC2)CC1. The van der Waals surface area contributed by atoms with Gasteiger partial charge in [0.2, 0.25) is 11.8 Å². The van der Waals surface area contributed by atoms with E-state index in [1.54, 1.807) is 4.90 Å². The van der Waals surface area contributed by atoms with Gasteiger partial charge in [-0.2, -0.15) is 0 Å². The van der Waals surface area contributed by atoms with E-state index in [0.29, 0.717) is 32.1 Å². The molecule has 1 saturated heterocycles. The minimum Gasteiger partial charge on any atom is -0.342 e. The van der Waals surface area contributed by atoms with E-state index in [9.17, 15) is 14.4 Å². The number of carbonyl (C=O) groups is 3. The predicted octanol–water partition coefficient (Wildman–Crippen LogP) is 2.44. The molecule has 2 fully saturated rings. The van der Waals surface area contributed by atoms with E-state index in [-0.39, 0.29) is 30.4 Å². The monoisotopic (exact) mass is 426 g/mol. The van der Waals surface area contributed by atoms with Crippen LogP contribution in [0.3, 0.4) is 0 Å². The van der Waals surface area contributed by atoms with Gasteiger partial charge < -0.3 is 20.4 Å². The van der Waals surface area contributed by atoms with E-state index in [4.69, 9.17) is 0 Å². The van der Waals surface area contributed by atoms with Gasteiger partial charge >= 0.3 is 6.03 Å². The molecule has 0 aromatic heterocycles. The van der Waals surface area contributed by atoms with Gasteiger partial charge in [-0.3, -0.25) is 9.59 Å². The molecule has 31 heavy (non-hydrogen) atoms. The molecule has 7 nitrogen and oxygen atoms in total. The summed E-state index contributed by atoms with van der Waals surface area (Å²) in [4.78, 5) is 41.2. The van der Waals surface area contributed by atoms with Crippen LogP contribution in [0.5, 0.6) is 0 Å². The molecule has 3 aliphatic rings. The number of hydrogen-bond donors (Lipinski definition) is 2. The van der Waals surface area contributed by atoms with E-state index >= 15 is 0 Å². The maximum atomic E-state index is 12.7. The van der Waals surface area contributed by atoms with Gasteiger partial charge in [0.05, 0.1) is 6.54 Å². The van der Waals surface area contributed by atoms with Crippen molar-refractivity contribution in [1.82, 2.24) is 20.4 Å². The second kappa shape index (κ2) is 10.2. The number of likely N-dealkylation sites (tertiary alicyclic amines) is 1. The third kappa shape index (κ3) is 5.57. The van der Waals surface area contributed by atoms with Crippen LogP contribution < -0.4 is 10.6 Å². The Morgan fingerprint density at radius 1 is 0.871 bits per heavy atom. The zero-order chi connectivity index (χ0) is 21.6. The number of fused-ring (bicyclic) bond motifs is 1. The van der Waals surface area contributed by atoms with Crippen LogP contribution in [0, 0.1) is 5.92 Å². The minimum atomic E-state index is -0.303. The van der Waals surface area contributed by atoms with Crippen molar-refractivity contribution in [3.8, 4) is 0 Å². The van der Waals surface area contributed by atoms with Gasteiger partial charge in [-0.1, -0.05) is 43.5 Å². The number of urea groups is 1. The van der Waals surface area contributed by atoms with Crippen LogP contribution in [-0.4, -0.2) is 59.9 Å². The Morgan fingerprint density at radius 2 is 1.58 bits per heavy atom. The fourth-order valence-electron chi connectivity index (χ4n) is 5.06. The molecule has 1 aromatic carbocycles. The van der Waals surface area contributed by atoms with Crippen LogP contribution in [0.15, 0.2) is 24.3 Å². The van der Waals surface area contributed by atoms with Crippen LogP contribution in [0.25, 0.3) is 0 Å². The smallest absolute Gasteiger partial charge is 0.315 e. The fourth-order valence-corrected chi connectivity index (χ4v) is 5.06. The van der Waals surface area contributed by atoms with E-state index in [1.165, 1.54) is 17.5 Å². The van der Waals surface area contributed by atoms with Gasteiger partial charge in [0.25, 0.3) is 0 Å². The topological polar surface area (TPSA) is 81.8 Å². The van der Waals surface area contributed by atoms with E-state index in [0.717, 1.165) is 44.9 Å². The second-order valence-electron chi connectivity index (χ2n) is 9.10. The lowest BCUT2D eigenvalue weighted by Gasteiger charge is -2.35. The summed E-state index contributed by atoms with van der Waals surface area (Å²) >= 11 is 0. The van der Waals surface area contributed by atoms with Crippen LogP contribution >= 0.6 is 0 Å². The Bertz CT molecular complexity index is 798. The summed E-state index contributed by atoms with van der Waals surface area (Å²) in [5.74, 6) is 0.447. The van der Waals surface area contributed by atoms with Crippen molar-refractivity contribution in [2.45, 2.75) is 64.0 Å². The highest BCUT2D eigenvalue weighted by molar-refractivity contribution is 5.84. The lowest BCUT2D eigenvalue weighted by atomic mass is 9.87. The predicted molar refractivity (Wildman–Crippen MR) is 118 cm³/mol. The van der Waals surface area contributed by atoms with Crippen molar-refractivity contribution in [1.29, 1.82) is 0 Å². The standard InChI is InChI=1S/C24H34N4O3/c29-22(28-13-10-18-6-4-5-9-20(18)17-28)16-25-24(31)26-21-11-14-27(15-12-21)23(30)19-7-2-1-3-8-19/h4-6,9,19,21H,1-3,7-8,10-17H2,(H2,25,26,31). The van der Waals surface area contributed by atoms with E-state index in [1.807, 2.05) is 17.0 Å². The molecule has 0 bridgehead atoms. The Labute approximate surface area is 184 Å². The van der Waals surface area contributed by atoms with Gasteiger partial charge in [-0.15, -0.1) is 0 Å². The summed E-state index contributed by atoms with van der Waals surface area (Å²) in [7, 11) is 0. The second-order valence-corrected chi connectivity index (χ2v) is 9.10. The summed E-state index contributed by atoms with van der Waals surface area (Å²) in [6, 6.07) is 7.93. The van der Waals surface area contributed by atoms with Crippen LogP contribution in [0.4, 0.5) is 4.79 Å². The number of rotatable bonds is 4. The van der Waals surface area contributed by atoms with Gasteiger partial charge in [0.15, 0.2) is 0 Å². The quantitative estimate of drug-likeness (QED) is 0.776. The Kier molecular flexibility index (Phi) is 7.10. The molecule has 0 unspecified atom stereocenters. The number of nitrogens with zero attached hydrogens (tertiary/aromatic N) is 2. The first kappa shape index (κ1) is 21.7. The van der Waals surface area contributed by atoms with Crippen molar-refractivity contribution in [3.05, 3.63) is 35.4 Å². The van der Waals surface area contributed by atoms with E-state index in [2.05, 4.69) is 22.8 Å². The summed E-state index contributed by atoms with van der Waals surface area (Å²) in [6.07, 6.45) is 8.01. The number of carbonyl (C=O) groups excluding carboxylic acids is 3. The maximum Gasteiger partial charge on any atom is 0.315 e. The molecule has 168 valence electrons. The highest BCUT2D eigenvalue weighted by Crippen LogP contribution is 2.26. The number of nitrogens with one attached hydrogen (secondary N) is 2. The zero-order valence-corrected chi connectivity index (χ0v) is 18.3. The van der Waals surface area contributed by atoms with Crippen molar-refractivity contribution in [2.24, 2.45) is 5.92 Å². The van der Waals surface area contributed by atoms with Crippen LogP contribution in [0.2, 0.25) is 0 Å². The van der Waals surface area contributed by atoms with Crippen molar-refractivity contribution >= 4 is 17.8 Å². The fraction of sp³-hybridized carbons (Fsp3) is 0.625. The molecular formula is C24H34N4O3. The van der Waals surface area contributed by atoms with Gasteiger partial charge in [-0.05, 0) is 43.2 Å². The summed E-state index contributed by atoms with van der Waals surface area (Å²) in [5.41, 5.74) is 2.48. The third-order valence-electron chi connectivity index (χ3n) is 6.98. The molecule has 1 saturated carbocycles. The average Bonchev–Trinajstić information content (AvgIpc) is 2.83. The normalized spacial score (nSPS) is 20.1. The highest BCUT2D eigenvalue weighted by atomic mass is 16.2. The molecular weight excluding hydrogens is 392 g/mol. The molecule has 0 atom stereocenters. The van der Waals surface area contributed by atoms with Crippen LogP contribution in [0.1, 0.15) is 56.1 Å². The average molecular weight is 427 g/mol. The van der Waals surface area contributed by atoms with Crippen molar-refractivity contribution < 1.29 is 14.4 Å². The largest absolute Gasteiger partial charge is 0.342 e. The first-order valence-electron chi connectivity index (χ1n) is 11.8. The van der Waals surface area contributed by atoms with Crippen LogP contribution in [-0.2, 0) is 22.6 Å². The summed E-state index contributed by atoms with van der Waals surface area (Å²) in [5, 5.41) is 5.69. The highest BCUT2D eigenvalue weighted by Gasteiger charge is 2.29. The lowest BCUT2D eigenvalue weighted by molar-refractivity contribution is -0.137. The molecule has 0 radical (unpaired) electrons. The Balaban J connectivity index is 1.15. The number of hydrogen-bond acceptors (Lipinski definition) is 3. The first-order chi connectivity index (χ1) is 15.1. The summed E-state index contributed by atoms with van der Waals surface area (Å²) < 4.78 is 0. The van der Waals surface area contributed by atoms with Crippen molar-refractivity contribution in [2.75, 3.05) is 26.2 Å². The molecule has 1 aliphatic carbocycles. The molecule has 2 heterocycles. The molecule has 1 aromatic rings. The molecule has 4 rings (SSSR count). The number of benzene rings is 1. The van der Waals surface area contributed by atoms with E-state index < -0.39 is 0 Å². The number of amides is 4. The van der Waals surface area contributed by atoms with Gasteiger partial charge in [0, 0.05) is 38.1 Å². The molecule has 7 heteroatoms. The summed E-state index contributed by atoms with van der Waals surface area (Å²) in [6.45, 7) is 2.70. The Hall–Kier alpha value is -2.57. The van der Waals surface area contributed by atoms with Gasteiger partial charge in [-0.25, -0.2) is 4.79 Å². The third-order valence-corrected chi connectivity index (χ3v) is 6.98. The molecule has 4 amide bonds.